The summed E-state index contributed by atoms with van der Waals surface area (Å²) < 4.78 is 10.7. The third-order valence-corrected chi connectivity index (χ3v) is 5.50. The number of benzene rings is 2. The number of nitrogens with one attached hydrogen (secondary N) is 2. The zero-order valence-electron chi connectivity index (χ0n) is 16.8. The summed E-state index contributed by atoms with van der Waals surface area (Å²) in [5.74, 6) is 0.329. The van der Waals surface area contributed by atoms with Gasteiger partial charge in [0.15, 0.2) is 11.5 Å². The highest BCUT2D eigenvalue weighted by Gasteiger charge is 2.49. The van der Waals surface area contributed by atoms with Crippen molar-refractivity contribution in [2.24, 2.45) is 0 Å². The number of nitrogens with zero attached hydrogens (tertiary/aromatic N) is 1. The van der Waals surface area contributed by atoms with Gasteiger partial charge >= 0.3 is 6.03 Å². The average molecular weight is 409 g/mol. The lowest BCUT2D eigenvalue weighted by atomic mass is 9.91. The van der Waals surface area contributed by atoms with Crippen LogP contribution in [-0.4, -0.2) is 42.6 Å². The summed E-state index contributed by atoms with van der Waals surface area (Å²) in [7, 11) is 0. The SMILES string of the molecule is C[C@@H](CNC(=O)CN1C(=O)N[C@](C)(c2ccc3c(c2)OCO3)C1=O)c1ccccc1. The fourth-order valence-corrected chi connectivity index (χ4v) is 3.61. The molecule has 2 aliphatic rings. The molecule has 30 heavy (non-hydrogen) atoms. The van der Waals surface area contributed by atoms with Crippen LogP contribution in [0.25, 0.3) is 0 Å². The molecule has 8 nitrogen and oxygen atoms in total. The summed E-state index contributed by atoms with van der Waals surface area (Å²) in [5, 5.41) is 5.50. The highest BCUT2D eigenvalue weighted by Crippen LogP contribution is 2.37. The highest BCUT2D eigenvalue weighted by molar-refractivity contribution is 6.09. The van der Waals surface area contributed by atoms with Crippen molar-refractivity contribution in [2.45, 2.75) is 25.3 Å². The Bertz CT molecular complexity index is 994. The van der Waals surface area contributed by atoms with Gasteiger partial charge in [-0.2, -0.15) is 0 Å². The smallest absolute Gasteiger partial charge is 0.325 e. The first-order valence-electron chi connectivity index (χ1n) is 9.74. The lowest BCUT2D eigenvalue weighted by Gasteiger charge is -2.22. The van der Waals surface area contributed by atoms with Crippen LogP contribution in [0, 0.1) is 0 Å². The quantitative estimate of drug-likeness (QED) is 0.713. The number of rotatable bonds is 6. The van der Waals surface area contributed by atoms with Crippen molar-refractivity contribution < 1.29 is 23.9 Å². The molecule has 2 aliphatic heterocycles. The largest absolute Gasteiger partial charge is 0.454 e. The van der Waals surface area contributed by atoms with Crippen molar-refractivity contribution in [3.05, 3.63) is 59.7 Å². The van der Waals surface area contributed by atoms with Gasteiger partial charge in [0.05, 0.1) is 0 Å². The molecule has 156 valence electrons. The van der Waals surface area contributed by atoms with Gasteiger partial charge in [0.2, 0.25) is 12.7 Å². The molecule has 1 fully saturated rings. The van der Waals surface area contributed by atoms with Crippen molar-refractivity contribution in [1.29, 1.82) is 0 Å². The molecule has 0 saturated carbocycles. The molecule has 2 heterocycles. The van der Waals surface area contributed by atoms with Gasteiger partial charge in [-0.05, 0) is 36.1 Å². The van der Waals surface area contributed by atoms with Gasteiger partial charge in [0.25, 0.3) is 5.91 Å². The summed E-state index contributed by atoms with van der Waals surface area (Å²) >= 11 is 0. The summed E-state index contributed by atoms with van der Waals surface area (Å²) in [5.41, 5.74) is 0.379. The molecule has 4 amide bonds. The number of amides is 4. The second-order valence-electron chi connectivity index (χ2n) is 7.63. The molecule has 2 aromatic carbocycles. The van der Waals surface area contributed by atoms with E-state index >= 15 is 0 Å². The zero-order chi connectivity index (χ0) is 21.3. The van der Waals surface area contributed by atoms with Crippen molar-refractivity contribution >= 4 is 17.8 Å². The summed E-state index contributed by atoms with van der Waals surface area (Å²) in [4.78, 5) is 38.8. The highest BCUT2D eigenvalue weighted by atomic mass is 16.7. The lowest BCUT2D eigenvalue weighted by Crippen LogP contribution is -2.43. The number of imide groups is 1. The van der Waals surface area contributed by atoms with Gasteiger partial charge in [-0.25, -0.2) is 4.79 Å². The van der Waals surface area contributed by atoms with Crippen molar-refractivity contribution in [1.82, 2.24) is 15.5 Å². The molecule has 0 aromatic heterocycles. The van der Waals surface area contributed by atoms with E-state index in [1.165, 1.54) is 0 Å². The van der Waals surface area contributed by atoms with Crippen LogP contribution in [0.3, 0.4) is 0 Å². The first kappa shape index (κ1) is 19.8. The minimum absolute atomic E-state index is 0.108. The zero-order valence-corrected chi connectivity index (χ0v) is 16.8. The van der Waals surface area contributed by atoms with Crippen LogP contribution >= 0.6 is 0 Å². The van der Waals surface area contributed by atoms with Crippen molar-refractivity contribution in [2.75, 3.05) is 19.9 Å². The van der Waals surface area contributed by atoms with Crippen LogP contribution in [0.4, 0.5) is 4.79 Å². The minimum atomic E-state index is -1.28. The molecule has 2 N–H and O–H groups in total. The molecule has 1 saturated heterocycles. The van der Waals surface area contributed by atoms with Gasteiger partial charge in [-0.15, -0.1) is 0 Å². The van der Waals surface area contributed by atoms with Crippen molar-refractivity contribution in [3.8, 4) is 11.5 Å². The fraction of sp³-hybridized carbons (Fsp3) is 0.318. The molecular formula is C22H23N3O5. The van der Waals surface area contributed by atoms with E-state index < -0.39 is 23.4 Å². The van der Waals surface area contributed by atoms with E-state index in [1.807, 2.05) is 37.3 Å². The Morgan fingerprint density at radius 1 is 1.17 bits per heavy atom. The molecule has 2 atom stereocenters. The van der Waals surface area contributed by atoms with E-state index in [1.54, 1.807) is 25.1 Å². The number of hydrogen-bond acceptors (Lipinski definition) is 5. The molecule has 0 aliphatic carbocycles. The number of urea groups is 1. The predicted octanol–water partition coefficient (Wildman–Crippen LogP) is 2.10. The normalized spacial score (nSPS) is 20.8. The Kier molecular flexibility index (Phi) is 5.07. The third-order valence-electron chi connectivity index (χ3n) is 5.50. The predicted molar refractivity (Wildman–Crippen MR) is 108 cm³/mol. The maximum absolute atomic E-state index is 13.0. The summed E-state index contributed by atoms with van der Waals surface area (Å²) in [6.07, 6.45) is 0. The van der Waals surface area contributed by atoms with Gasteiger partial charge in [0, 0.05) is 6.54 Å². The lowest BCUT2D eigenvalue weighted by molar-refractivity contribution is -0.134. The van der Waals surface area contributed by atoms with Gasteiger partial charge in [-0.1, -0.05) is 43.3 Å². The molecule has 0 radical (unpaired) electrons. The molecule has 0 unspecified atom stereocenters. The molecule has 0 bridgehead atoms. The fourth-order valence-electron chi connectivity index (χ4n) is 3.61. The Morgan fingerprint density at radius 2 is 1.90 bits per heavy atom. The molecule has 0 spiro atoms. The van der Waals surface area contributed by atoms with Gasteiger partial charge in [-0.3, -0.25) is 14.5 Å². The average Bonchev–Trinajstić information content (AvgIpc) is 3.31. The molecule has 8 heteroatoms. The Hall–Kier alpha value is -3.55. The monoisotopic (exact) mass is 409 g/mol. The van der Waals surface area contributed by atoms with Crippen LogP contribution in [0.15, 0.2) is 48.5 Å². The second kappa shape index (κ2) is 7.70. The third kappa shape index (κ3) is 3.56. The van der Waals surface area contributed by atoms with Crippen LogP contribution < -0.4 is 20.1 Å². The number of carbonyl (C=O) groups excluding carboxylic acids is 3. The van der Waals surface area contributed by atoms with Crippen LogP contribution in [0.2, 0.25) is 0 Å². The number of carbonyl (C=O) groups is 3. The standard InChI is InChI=1S/C22H23N3O5/c1-14(15-6-4-3-5-7-15)11-23-19(26)12-25-20(27)22(2,24-21(25)28)16-8-9-17-18(10-16)30-13-29-17/h3-10,14H,11-13H2,1-2H3,(H,23,26)(H,24,28)/t14-,22+/m0/s1. The Balaban J connectivity index is 1.41. The summed E-state index contributed by atoms with van der Waals surface area (Å²) in [6.45, 7) is 3.79. The van der Waals surface area contributed by atoms with Crippen LogP contribution in [0.1, 0.15) is 30.9 Å². The maximum atomic E-state index is 13.0. The topological polar surface area (TPSA) is 97.0 Å². The van der Waals surface area contributed by atoms with E-state index in [4.69, 9.17) is 9.47 Å². The Labute approximate surface area is 174 Å². The maximum Gasteiger partial charge on any atom is 0.325 e. The Morgan fingerprint density at radius 3 is 2.67 bits per heavy atom. The first-order valence-corrected chi connectivity index (χ1v) is 9.74. The van der Waals surface area contributed by atoms with E-state index in [-0.39, 0.29) is 19.3 Å². The van der Waals surface area contributed by atoms with E-state index in [2.05, 4.69) is 10.6 Å². The molecule has 4 rings (SSSR count). The van der Waals surface area contributed by atoms with Gasteiger partial charge in [0.1, 0.15) is 12.1 Å². The summed E-state index contributed by atoms with van der Waals surface area (Å²) in [6, 6.07) is 14.3. The van der Waals surface area contributed by atoms with E-state index in [0.717, 1.165) is 10.5 Å². The molecular weight excluding hydrogens is 386 g/mol. The van der Waals surface area contributed by atoms with E-state index in [0.29, 0.717) is 23.6 Å². The first-order chi connectivity index (χ1) is 14.4. The number of hydrogen-bond donors (Lipinski definition) is 2. The van der Waals surface area contributed by atoms with Crippen LogP contribution in [-0.2, 0) is 15.1 Å². The van der Waals surface area contributed by atoms with Crippen LogP contribution in [0.5, 0.6) is 11.5 Å². The van der Waals surface area contributed by atoms with E-state index in [9.17, 15) is 14.4 Å². The second-order valence-corrected chi connectivity index (χ2v) is 7.63. The molecule has 2 aromatic rings. The minimum Gasteiger partial charge on any atom is -0.454 e. The number of fused-ring (bicyclic) bond motifs is 1. The number of ether oxygens (including phenoxy) is 2. The van der Waals surface area contributed by atoms with Crippen molar-refractivity contribution in [3.63, 3.8) is 0 Å². The van der Waals surface area contributed by atoms with Gasteiger partial charge < -0.3 is 20.1 Å².